The molecule has 0 spiro atoms. The number of carboxylic acid groups (broad SMARTS) is 1. The van der Waals surface area contributed by atoms with Crippen LogP contribution in [-0.2, 0) is 22.6 Å². The summed E-state index contributed by atoms with van der Waals surface area (Å²) in [4.78, 5) is 14.4. The molecule has 0 saturated carbocycles. The maximum absolute atomic E-state index is 10.3. The van der Waals surface area contributed by atoms with Gasteiger partial charge >= 0.3 is 5.97 Å². The van der Waals surface area contributed by atoms with Gasteiger partial charge in [0.25, 0.3) is 0 Å². The van der Waals surface area contributed by atoms with Gasteiger partial charge in [0.15, 0.2) is 0 Å². The highest BCUT2D eigenvalue weighted by atomic mass is 35.5. The summed E-state index contributed by atoms with van der Waals surface area (Å²) in [7, 11) is 1.59. The molecule has 1 heterocycles. The average Bonchev–Trinajstić information content (AvgIpc) is 2.08. The van der Waals surface area contributed by atoms with E-state index in [1.807, 2.05) is 0 Å². The molecular weight excluding hydrogens is 206 g/mol. The van der Waals surface area contributed by atoms with E-state index in [9.17, 15) is 4.79 Å². The lowest BCUT2D eigenvalue weighted by atomic mass is 10.2. The van der Waals surface area contributed by atoms with E-state index in [4.69, 9.17) is 9.84 Å². The zero-order valence-corrected chi connectivity index (χ0v) is 8.58. The summed E-state index contributed by atoms with van der Waals surface area (Å²) >= 11 is 0. The summed E-state index contributed by atoms with van der Waals surface area (Å²) in [6, 6.07) is 3.51. The molecule has 0 atom stereocenters. The number of halogens is 1. The van der Waals surface area contributed by atoms with Crippen LogP contribution in [0.15, 0.2) is 18.3 Å². The fourth-order valence-electron chi connectivity index (χ4n) is 0.968. The van der Waals surface area contributed by atoms with Crippen molar-refractivity contribution < 1.29 is 14.6 Å². The number of hydrogen-bond donors (Lipinski definition) is 1. The van der Waals surface area contributed by atoms with Crippen molar-refractivity contribution in [1.29, 1.82) is 0 Å². The fraction of sp³-hybridized carbons (Fsp3) is 0.333. The Morgan fingerprint density at radius 3 is 2.71 bits per heavy atom. The number of rotatable bonds is 4. The first-order valence-electron chi connectivity index (χ1n) is 3.87. The fourth-order valence-corrected chi connectivity index (χ4v) is 0.968. The molecule has 0 amide bonds. The van der Waals surface area contributed by atoms with E-state index in [0.717, 1.165) is 5.69 Å². The molecule has 1 aromatic rings. The molecule has 0 unspecified atom stereocenters. The van der Waals surface area contributed by atoms with Crippen molar-refractivity contribution in [3.63, 3.8) is 0 Å². The van der Waals surface area contributed by atoms with E-state index in [2.05, 4.69) is 4.98 Å². The molecule has 0 aromatic carbocycles. The number of methoxy groups -OCH3 is 1. The van der Waals surface area contributed by atoms with Crippen LogP contribution in [0.1, 0.15) is 11.3 Å². The van der Waals surface area contributed by atoms with Crippen molar-refractivity contribution in [1.82, 2.24) is 4.98 Å². The van der Waals surface area contributed by atoms with Crippen molar-refractivity contribution >= 4 is 18.4 Å². The van der Waals surface area contributed by atoms with Crippen LogP contribution in [0.5, 0.6) is 0 Å². The van der Waals surface area contributed by atoms with Gasteiger partial charge < -0.3 is 9.84 Å². The molecule has 0 aliphatic carbocycles. The average molecular weight is 218 g/mol. The van der Waals surface area contributed by atoms with Gasteiger partial charge in [-0.2, -0.15) is 0 Å². The predicted molar refractivity (Wildman–Crippen MR) is 53.5 cm³/mol. The van der Waals surface area contributed by atoms with Gasteiger partial charge in [-0.3, -0.25) is 9.78 Å². The summed E-state index contributed by atoms with van der Waals surface area (Å²) in [6.45, 7) is 0.452. The number of ether oxygens (including phenoxy) is 1. The molecule has 0 aliphatic heterocycles. The SMILES string of the molecule is COCc1ccc(CC(=O)O)cn1.Cl. The lowest BCUT2D eigenvalue weighted by molar-refractivity contribution is -0.136. The van der Waals surface area contributed by atoms with Crippen molar-refractivity contribution in [2.24, 2.45) is 0 Å². The zero-order valence-electron chi connectivity index (χ0n) is 7.77. The number of aromatic nitrogens is 1. The maximum Gasteiger partial charge on any atom is 0.307 e. The predicted octanol–water partition coefficient (Wildman–Crippen LogP) is 1.28. The van der Waals surface area contributed by atoms with Crippen LogP contribution >= 0.6 is 12.4 Å². The first-order valence-corrected chi connectivity index (χ1v) is 3.87. The topological polar surface area (TPSA) is 59.4 Å². The monoisotopic (exact) mass is 217 g/mol. The molecular formula is C9H12ClNO3. The standard InChI is InChI=1S/C9H11NO3.ClH/c1-13-6-8-3-2-7(5-10-8)4-9(11)12;/h2-3,5H,4,6H2,1H3,(H,11,12);1H. The Bertz CT molecular complexity index is 287. The molecule has 5 heteroatoms. The highest BCUT2D eigenvalue weighted by molar-refractivity contribution is 5.85. The van der Waals surface area contributed by atoms with Crippen molar-refractivity contribution in [2.75, 3.05) is 7.11 Å². The van der Waals surface area contributed by atoms with Crippen LogP contribution in [0.2, 0.25) is 0 Å². The van der Waals surface area contributed by atoms with Crippen LogP contribution in [0, 0.1) is 0 Å². The number of nitrogens with zero attached hydrogens (tertiary/aromatic N) is 1. The molecule has 0 fully saturated rings. The molecule has 0 radical (unpaired) electrons. The molecule has 78 valence electrons. The number of carboxylic acids is 1. The van der Waals surface area contributed by atoms with Gasteiger partial charge in [0, 0.05) is 13.3 Å². The Balaban J connectivity index is 0.00000169. The molecule has 14 heavy (non-hydrogen) atoms. The van der Waals surface area contributed by atoms with E-state index in [0.29, 0.717) is 12.2 Å². The van der Waals surface area contributed by atoms with Gasteiger partial charge in [-0.15, -0.1) is 12.4 Å². The Labute approximate surface area is 88.3 Å². The third-order valence-corrected chi connectivity index (χ3v) is 1.53. The second-order valence-corrected chi connectivity index (χ2v) is 2.66. The Kier molecular flexibility index (Phi) is 5.83. The molecule has 0 saturated heterocycles. The quantitative estimate of drug-likeness (QED) is 0.826. The van der Waals surface area contributed by atoms with Crippen LogP contribution in [0.4, 0.5) is 0 Å². The molecule has 1 N–H and O–H groups in total. The van der Waals surface area contributed by atoms with Crippen LogP contribution < -0.4 is 0 Å². The molecule has 0 aliphatic rings. The van der Waals surface area contributed by atoms with E-state index in [1.54, 1.807) is 25.4 Å². The lowest BCUT2D eigenvalue weighted by Gasteiger charge is -1.99. The Morgan fingerprint density at radius 2 is 2.29 bits per heavy atom. The van der Waals surface area contributed by atoms with E-state index >= 15 is 0 Å². The van der Waals surface area contributed by atoms with Gasteiger partial charge in [-0.25, -0.2) is 0 Å². The van der Waals surface area contributed by atoms with E-state index in [-0.39, 0.29) is 18.8 Å². The summed E-state index contributed by atoms with van der Waals surface area (Å²) in [5.74, 6) is -0.846. The minimum Gasteiger partial charge on any atom is -0.481 e. The van der Waals surface area contributed by atoms with Crippen molar-refractivity contribution in [3.8, 4) is 0 Å². The van der Waals surface area contributed by atoms with E-state index < -0.39 is 5.97 Å². The van der Waals surface area contributed by atoms with Crippen molar-refractivity contribution in [3.05, 3.63) is 29.6 Å². The highest BCUT2D eigenvalue weighted by Gasteiger charge is 2.00. The van der Waals surface area contributed by atoms with Gasteiger partial charge in [0.05, 0.1) is 18.7 Å². The first kappa shape index (κ1) is 12.9. The second kappa shape index (κ2) is 6.34. The first-order chi connectivity index (χ1) is 6.22. The molecule has 0 bridgehead atoms. The smallest absolute Gasteiger partial charge is 0.307 e. The minimum atomic E-state index is -0.846. The number of hydrogen-bond acceptors (Lipinski definition) is 3. The van der Waals surface area contributed by atoms with Crippen LogP contribution in [-0.4, -0.2) is 23.2 Å². The molecule has 1 rings (SSSR count). The maximum atomic E-state index is 10.3. The van der Waals surface area contributed by atoms with Gasteiger partial charge in [0.2, 0.25) is 0 Å². The van der Waals surface area contributed by atoms with Crippen molar-refractivity contribution in [2.45, 2.75) is 13.0 Å². The van der Waals surface area contributed by atoms with Crippen LogP contribution in [0.25, 0.3) is 0 Å². The number of carbonyl (C=O) groups is 1. The van der Waals surface area contributed by atoms with Gasteiger partial charge in [-0.05, 0) is 11.6 Å². The Hall–Kier alpha value is -1.13. The van der Waals surface area contributed by atoms with Gasteiger partial charge in [-0.1, -0.05) is 6.07 Å². The molecule has 4 nitrogen and oxygen atoms in total. The largest absolute Gasteiger partial charge is 0.481 e. The summed E-state index contributed by atoms with van der Waals surface area (Å²) in [5, 5.41) is 8.49. The minimum absolute atomic E-state index is 0. The number of pyridine rings is 1. The number of aliphatic carboxylic acids is 1. The summed E-state index contributed by atoms with van der Waals surface area (Å²) in [6.07, 6.45) is 1.57. The highest BCUT2D eigenvalue weighted by Crippen LogP contribution is 2.02. The van der Waals surface area contributed by atoms with E-state index in [1.165, 1.54) is 0 Å². The normalized spacial score (nSPS) is 9.21. The zero-order chi connectivity index (χ0) is 9.68. The lowest BCUT2D eigenvalue weighted by Crippen LogP contribution is -2.01. The third kappa shape index (κ3) is 4.20. The molecule has 1 aromatic heterocycles. The van der Waals surface area contributed by atoms with Crippen LogP contribution in [0.3, 0.4) is 0 Å². The summed E-state index contributed by atoms with van der Waals surface area (Å²) in [5.41, 5.74) is 1.50. The second-order valence-electron chi connectivity index (χ2n) is 2.66. The Morgan fingerprint density at radius 1 is 1.57 bits per heavy atom. The summed E-state index contributed by atoms with van der Waals surface area (Å²) < 4.78 is 4.87. The van der Waals surface area contributed by atoms with Gasteiger partial charge in [0.1, 0.15) is 0 Å². The third-order valence-electron chi connectivity index (χ3n) is 1.53.